The number of aliphatic carboxylic acids is 1. The van der Waals surface area contributed by atoms with Gasteiger partial charge in [-0.15, -0.1) is 0 Å². The van der Waals surface area contributed by atoms with Crippen LogP contribution in [-0.2, 0) is 14.3 Å². The number of hydrogen-bond donors (Lipinski definition) is 1. The van der Waals surface area contributed by atoms with Gasteiger partial charge in [-0.3, -0.25) is 0 Å². The van der Waals surface area contributed by atoms with Crippen molar-refractivity contribution in [3.05, 3.63) is 29.8 Å². The van der Waals surface area contributed by atoms with E-state index >= 15 is 0 Å². The van der Waals surface area contributed by atoms with E-state index < -0.39 is 11.9 Å². The third kappa shape index (κ3) is 5.99. The summed E-state index contributed by atoms with van der Waals surface area (Å²) < 4.78 is 15.5. The molecule has 6 heteroatoms. The lowest BCUT2D eigenvalue weighted by atomic mass is 10.2. The minimum Gasteiger partial charge on any atom is -0.490 e. The Kier molecular flexibility index (Phi) is 6.80. The molecule has 0 radical (unpaired) electrons. The molecule has 0 heterocycles. The fourth-order valence-corrected chi connectivity index (χ4v) is 1.52. The van der Waals surface area contributed by atoms with Crippen molar-refractivity contribution in [1.29, 1.82) is 0 Å². The van der Waals surface area contributed by atoms with Gasteiger partial charge < -0.3 is 19.3 Å². The van der Waals surface area contributed by atoms with Crippen molar-refractivity contribution >= 4 is 18.0 Å². The molecule has 0 unspecified atom stereocenters. The van der Waals surface area contributed by atoms with Crippen LogP contribution in [0.1, 0.15) is 19.4 Å². The molecule has 0 aliphatic heterocycles. The van der Waals surface area contributed by atoms with Gasteiger partial charge in [0.2, 0.25) is 0 Å². The predicted molar refractivity (Wildman–Crippen MR) is 76.4 cm³/mol. The summed E-state index contributed by atoms with van der Waals surface area (Å²) in [5.41, 5.74) is 0.657. The maximum absolute atomic E-state index is 11.3. The predicted octanol–water partition coefficient (Wildman–Crippen LogP) is 2.12. The fourth-order valence-electron chi connectivity index (χ4n) is 1.52. The van der Waals surface area contributed by atoms with Crippen molar-refractivity contribution in [2.75, 3.05) is 19.8 Å². The van der Waals surface area contributed by atoms with Gasteiger partial charge in [0, 0.05) is 6.08 Å². The van der Waals surface area contributed by atoms with Crippen LogP contribution >= 0.6 is 0 Å². The summed E-state index contributed by atoms with van der Waals surface area (Å²) in [5.74, 6) is -0.655. The Hall–Kier alpha value is -2.50. The largest absolute Gasteiger partial charge is 0.490 e. The van der Waals surface area contributed by atoms with E-state index in [1.54, 1.807) is 25.1 Å². The molecule has 1 aromatic rings. The average molecular weight is 294 g/mol. The van der Waals surface area contributed by atoms with Gasteiger partial charge in [0.15, 0.2) is 18.1 Å². The summed E-state index contributed by atoms with van der Waals surface area (Å²) in [4.78, 5) is 21.8. The molecule has 21 heavy (non-hydrogen) atoms. The minimum atomic E-state index is -1.03. The quantitative estimate of drug-likeness (QED) is 0.584. The van der Waals surface area contributed by atoms with Crippen LogP contribution in [0.3, 0.4) is 0 Å². The maximum Gasteiger partial charge on any atom is 0.344 e. The highest BCUT2D eigenvalue weighted by atomic mass is 16.6. The molecular formula is C15H18O6. The lowest BCUT2D eigenvalue weighted by Gasteiger charge is -2.12. The zero-order valence-electron chi connectivity index (χ0n) is 12.0. The first-order valence-electron chi connectivity index (χ1n) is 6.53. The second-order valence-electron chi connectivity index (χ2n) is 3.90. The standard InChI is InChI=1S/C15H18O6/c1-3-19-13-9-11(6-8-14(16)17)5-7-12(13)21-10-15(18)20-4-2/h5-9H,3-4,10H2,1-2H3,(H,16,17)/b8-6+. The van der Waals surface area contributed by atoms with E-state index in [4.69, 9.17) is 19.3 Å². The summed E-state index contributed by atoms with van der Waals surface area (Å²) in [6.07, 6.45) is 2.48. The van der Waals surface area contributed by atoms with E-state index in [0.717, 1.165) is 6.08 Å². The molecule has 0 aliphatic carbocycles. The lowest BCUT2D eigenvalue weighted by Crippen LogP contribution is -2.15. The second kappa shape index (κ2) is 8.63. The van der Waals surface area contributed by atoms with Gasteiger partial charge in [0.1, 0.15) is 0 Å². The van der Waals surface area contributed by atoms with Gasteiger partial charge >= 0.3 is 11.9 Å². The van der Waals surface area contributed by atoms with Gasteiger partial charge in [-0.05, 0) is 37.6 Å². The van der Waals surface area contributed by atoms with Gasteiger partial charge in [0.25, 0.3) is 0 Å². The van der Waals surface area contributed by atoms with E-state index in [1.165, 1.54) is 6.08 Å². The summed E-state index contributed by atoms with van der Waals surface area (Å²) in [6, 6.07) is 4.93. The molecule has 0 fully saturated rings. The highest BCUT2D eigenvalue weighted by molar-refractivity contribution is 5.85. The highest BCUT2D eigenvalue weighted by Crippen LogP contribution is 2.29. The van der Waals surface area contributed by atoms with E-state index in [0.29, 0.717) is 30.3 Å². The number of esters is 1. The minimum absolute atomic E-state index is 0.210. The average Bonchev–Trinajstić information content (AvgIpc) is 2.44. The number of carbonyl (C=O) groups excluding carboxylic acids is 1. The third-order valence-electron chi connectivity index (χ3n) is 2.34. The summed E-state index contributed by atoms with van der Waals surface area (Å²) in [7, 11) is 0. The molecule has 0 amide bonds. The van der Waals surface area contributed by atoms with Gasteiger partial charge in [-0.1, -0.05) is 6.07 Å². The van der Waals surface area contributed by atoms with Crippen LogP contribution in [-0.4, -0.2) is 36.9 Å². The first-order valence-corrected chi connectivity index (χ1v) is 6.53. The Balaban J connectivity index is 2.83. The summed E-state index contributed by atoms with van der Waals surface area (Å²) >= 11 is 0. The molecular weight excluding hydrogens is 276 g/mol. The van der Waals surface area contributed by atoms with Gasteiger partial charge in [-0.2, -0.15) is 0 Å². The molecule has 0 atom stereocenters. The first kappa shape index (κ1) is 16.6. The van der Waals surface area contributed by atoms with Crippen LogP contribution < -0.4 is 9.47 Å². The smallest absolute Gasteiger partial charge is 0.344 e. The number of carbonyl (C=O) groups is 2. The molecule has 6 nitrogen and oxygen atoms in total. The van der Waals surface area contributed by atoms with Crippen molar-refractivity contribution in [1.82, 2.24) is 0 Å². The fraction of sp³-hybridized carbons (Fsp3) is 0.333. The molecule has 0 bridgehead atoms. The van der Waals surface area contributed by atoms with Crippen molar-refractivity contribution in [2.24, 2.45) is 0 Å². The van der Waals surface area contributed by atoms with Gasteiger partial charge in [-0.25, -0.2) is 9.59 Å². The number of carboxylic acids is 1. The second-order valence-corrected chi connectivity index (χ2v) is 3.90. The molecule has 114 valence electrons. The van der Waals surface area contributed by atoms with E-state index in [2.05, 4.69) is 0 Å². The van der Waals surface area contributed by atoms with Crippen molar-refractivity contribution in [3.63, 3.8) is 0 Å². The Morgan fingerprint density at radius 2 is 1.90 bits per heavy atom. The first-order chi connectivity index (χ1) is 10.1. The van der Waals surface area contributed by atoms with Crippen LogP contribution in [0.2, 0.25) is 0 Å². The van der Waals surface area contributed by atoms with E-state index in [9.17, 15) is 9.59 Å². The number of ether oxygens (including phenoxy) is 3. The molecule has 0 saturated heterocycles. The lowest BCUT2D eigenvalue weighted by molar-refractivity contribution is -0.145. The zero-order valence-corrected chi connectivity index (χ0v) is 12.0. The monoisotopic (exact) mass is 294 g/mol. The topological polar surface area (TPSA) is 82.1 Å². The van der Waals surface area contributed by atoms with Crippen LogP contribution in [0.25, 0.3) is 6.08 Å². The number of rotatable bonds is 8. The van der Waals surface area contributed by atoms with Gasteiger partial charge in [0.05, 0.1) is 13.2 Å². The normalized spacial score (nSPS) is 10.4. The Morgan fingerprint density at radius 3 is 2.52 bits per heavy atom. The Morgan fingerprint density at radius 1 is 1.14 bits per heavy atom. The van der Waals surface area contributed by atoms with E-state index in [1.807, 2.05) is 6.92 Å². The van der Waals surface area contributed by atoms with Crippen LogP contribution in [0.4, 0.5) is 0 Å². The molecule has 1 rings (SSSR count). The van der Waals surface area contributed by atoms with Crippen molar-refractivity contribution in [2.45, 2.75) is 13.8 Å². The van der Waals surface area contributed by atoms with Crippen LogP contribution in [0, 0.1) is 0 Å². The molecule has 1 N–H and O–H groups in total. The molecule has 0 spiro atoms. The molecule has 1 aromatic carbocycles. The molecule has 0 aromatic heterocycles. The summed E-state index contributed by atoms with van der Waals surface area (Å²) in [6.45, 7) is 4.03. The van der Waals surface area contributed by atoms with E-state index in [-0.39, 0.29) is 6.61 Å². The number of carboxylic acid groups (broad SMARTS) is 1. The van der Waals surface area contributed by atoms with Crippen LogP contribution in [0.5, 0.6) is 11.5 Å². The summed E-state index contributed by atoms with van der Waals surface area (Å²) in [5, 5.41) is 8.60. The van der Waals surface area contributed by atoms with Crippen molar-refractivity contribution < 1.29 is 28.9 Å². The maximum atomic E-state index is 11.3. The number of benzene rings is 1. The zero-order chi connectivity index (χ0) is 15.7. The Bertz CT molecular complexity index is 521. The molecule has 0 saturated carbocycles. The number of hydrogen-bond acceptors (Lipinski definition) is 5. The highest BCUT2D eigenvalue weighted by Gasteiger charge is 2.09. The third-order valence-corrected chi connectivity index (χ3v) is 2.34. The Labute approximate surface area is 122 Å². The van der Waals surface area contributed by atoms with Crippen LogP contribution in [0.15, 0.2) is 24.3 Å². The molecule has 0 aliphatic rings. The SMILES string of the molecule is CCOC(=O)COc1ccc(/C=C/C(=O)O)cc1OCC. The van der Waals surface area contributed by atoms with Crippen molar-refractivity contribution in [3.8, 4) is 11.5 Å².